The van der Waals surface area contributed by atoms with Crippen LogP contribution in [0.25, 0.3) is 21.9 Å². The highest BCUT2D eigenvalue weighted by atomic mass is 79.9. The molecule has 5 aromatic rings. The van der Waals surface area contributed by atoms with Crippen LogP contribution in [0.2, 0.25) is 0 Å². The van der Waals surface area contributed by atoms with Crippen LogP contribution in [0.15, 0.2) is 80.0 Å². The number of rotatable bonds is 6. The number of hydrogen-bond acceptors (Lipinski definition) is 7. The lowest BCUT2D eigenvalue weighted by molar-refractivity contribution is -0.113. The number of carbonyl (C=O) groups is 2. The summed E-state index contributed by atoms with van der Waals surface area (Å²) in [5, 5.41) is 16.0. The average Bonchev–Trinajstić information content (AvgIpc) is 3.41. The molecule has 5 rings (SSSR count). The lowest BCUT2D eigenvalue weighted by atomic mass is 10.1. The summed E-state index contributed by atoms with van der Waals surface area (Å²) >= 11 is 5.82. The number of nitrogens with zero attached hydrogens (tertiary/aromatic N) is 2. The summed E-state index contributed by atoms with van der Waals surface area (Å²) in [6, 6.07) is 20.6. The van der Waals surface area contributed by atoms with E-state index in [1.165, 1.54) is 23.1 Å². The van der Waals surface area contributed by atoms with Gasteiger partial charge in [-0.2, -0.15) is 0 Å². The Morgan fingerprint density at radius 3 is 2.61 bits per heavy atom. The monoisotopic (exact) mass is 538 g/mol. The van der Waals surface area contributed by atoms with Gasteiger partial charge in [-0.05, 0) is 46.3 Å². The van der Waals surface area contributed by atoms with Gasteiger partial charge in [0.25, 0.3) is 5.91 Å². The van der Waals surface area contributed by atoms with Crippen molar-refractivity contribution in [1.29, 1.82) is 0 Å². The fraction of sp³-hybridized carbons (Fsp3) is 0.0435. The van der Waals surface area contributed by atoms with Crippen molar-refractivity contribution in [3.8, 4) is 0 Å². The predicted octanol–water partition coefficient (Wildman–Crippen LogP) is 6.18. The zero-order valence-electron chi connectivity index (χ0n) is 16.9. The Morgan fingerprint density at radius 1 is 0.939 bits per heavy atom. The second kappa shape index (κ2) is 9.34. The van der Waals surface area contributed by atoms with Gasteiger partial charge in [0.1, 0.15) is 11.2 Å². The Labute approximate surface area is 204 Å². The van der Waals surface area contributed by atoms with Gasteiger partial charge in [-0.1, -0.05) is 53.4 Å². The molecule has 2 heterocycles. The van der Waals surface area contributed by atoms with Gasteiger partial charge in [0.15, 0.2) is 4.34 Å². The maximum atomic E-state index is 12.4. The number of para-hydroxylation sites is 1. The Hall–Kier alpha value is -3.21. The van der Waals surface area contributed by atoms with Crippen LogP contribution in [0.3, 0.4) is 0 Å². The number of benzene rings is 3. The molecule has 0 aliphatic rings. The van der Waals surface area contributed by atoms with Crippen molar-refractivity contribution in [1.82, 2.24) is 10.2 Å². The van der Waals surface area contributed by atoms with Crippen LogP contribution in [0.4, 0.5) is 10.8 Å². The van der Waals surface area contributed by atoms with Crippen molar-refractivity contribution in [2.24, 2.45) is 0 Å². The van der Waals surface area contributed by atoms with E-state index in [0.717, 1.165) is 21.9 Å². The highest BCUT2D eigenvalue weighted by molar-refractivity contribution is 9.10. The number of anilines is 2. The van der Waals surface area contributed by atoms with E-state index < -0.39 is 0 Å². The van der Waals surface area contributed by atoms with Crippen molar-refractivity contribution in [3.05, 3.63) is 76.8 Å². The number of carbonyl (C=O) groups excluding carboxylic acids is 2. The molecule has 164 valence electrons. The molecule has 0 spiro atoms. The van der Waals surface area contributed by atoms with Gasteiger partial charge in [-0.15, -0.1) is 10.2 Å². The molecule has 0 unspecified atom stereocenters. The zero-order valence-corrected chi connectivity index (χ0v) is 20.1. The molecule has 10 heteroatoms. The maximum Gasteiger partial charge on any atom is 0.258 e. The Balaban J connectivity index is 1.18. The van der Waals surface area contributed by atoms with Gasteiger partial charge in [0.2, 0.25) is 11.0 Å². The topological polar surface area (TPSA) is 97.1 Å². The summed E-state index contributed by atoms with van der Waals surface area (Å²) in [4.78, 5) is 24.8. The van der Waals surface area contributed by atoms with Gasteiger partial charge in [0.05, 0.1) is 11.3 Å². The van der Waals surface area contributed by atoms with E-state index in [1.807, 2.05) is 48.5 Å². The zero-order chi connectivity index (χ0) is 22.8. The molecule has 3 aromatic carbocycles. The van der Waals surface area contributed by atoms with Crippen molar-refractivity contribution in [3.63, 3.8) is 0 Å². The van der Waals surface area contributed by atoms with Gasteiger partial charge in [-0.3, -0.25) is 14.9 Å². The van der Waals surface area contributed by atoms with Gasteiger partial charge in [-0.25, -0.2) is 0 Å². The van der Waals surface area contributed by atoms with Crippen molar-refractivity contribution in [2.75, 3.05) is 16.4 Å². The average molecular weight is 539 g/mol. The molecule has 0 saturated carbocycles. The van der Waals surface area contributed by atoms with E-state index in [-0.39, 0.29) is 17.6 Å². The molecular weight excluding hydrogens is 524 g/mol. The number of hydrogen-bond donors (Lipinski definition) is 2. The van der Waals surface area contributed by atoms with E-state index in [0.29, 0.717) is 25.2 Å². The predicted molar refractivity (Wildman–Crippen MR) is 135 cm³/mol. The first-order valence-electron chi connectivity index (χ1n) is 9.80. The minimum absolute atomic E-state index is 0.158. The van der Waals surface area contributed by atoms with Crippen LogP contribution < -0.4 is 10.6 Å². The standard InChI is InChI=1S/C23H15BrN4O3S2/c24-17-7-3-1-6-16(17)21(30)26-22-27-28-23(33-22)32-12-20(29)25-13-9-10-15-14-5-2-4-8-18(14)31-19(15)11-13/h1-11H,12H2,(H,25,29)(H,26,27,30). The number of aromatic nitrogens is 2. The van der Waals surface area contributed by atoms with Crippen LogP contribution in [-0.2, 0) is 4.79 Å². The second-order valence-electron chi connectivity index (χ2n) is 6.95. The summed E-state index contributed by atoms with van der Waals surface area (Å²) in [6.45, 7) is 0. The fourth-order valence-corrected chi connectivity index (χ4v) is 5.27. The van der Waals surface area contributed by atoms with E-state index in [4.69, 9.17) is 4.42 Å². The third kappa shape index (κ3) is 4.77. The maximum absolute atomic E-state index is 12.4. The minimum atomic E-state index is -0.283. The van der Waals surface area contributed by atoms with Gasteiger partial charge in [0, 0.05) is 27.0 Å². The SMILES string of the molecule is O=C(CSc1nnc(NC(=O)c2ccccc2Br)s1)Nc1ccc2c(c1)oc1ccccc12. The summed E-state index contributed by atoms with van der Waals surface area (Å²) in [5.41, 5.74) is 2.69. The summed E-state index contributed by atoms with van der Waals surface area (Å²) in [5.74, 6) is -0.302. The molecule has 7 nitrogen and oxygen atoms in total. The van der Waals surface area contributed by atoms with Crippen LogP contribution in [0.5, 0.6) is 0 Å². The Bertz CT molecular complexity index is 1500. The third-order valence-corrected chi connectivity index (χ3v) is 7.40. The number of fused-ring (bicyclic) bond motifs is 3. The van der Waals surface area contributed by atoms with E-state index >= 15 is 0 Å². The smallest absolute Gasteiger partial charge is 0.258 e. The lowest BCUT2D eigenvalue weighted by Crippen LogP contribution is -2.13. The molecule has 0 bridgehead atoms. The molecule has 2 aromatic heterocycles. The van der Waals surface area contributed by atoms with E-state index in [2.05, 4.69) is 36.8 Å². The molecular formula is C23H15BrN4O3S2. The summed E-state index contributed by atoms with van der Waals surface area (Å²) in [7, 11) is 0. The molecule has 0 atom stereocenters. The quantitative estimate of drug-likeness (QED) is 0.198. The van der Waals surface area contributed by atoms with Gasteiger partial charge >= 0.3 is 0 Å². The van der Waals surface area contributed by atoms with Crippen molar-refractivity contribution in [2.45, 2.75) is 4.34 Å². The first kappa shape index (κ1) is 21.6. The Kier molecular flexibility index (Phi) is 6.12. The molecule has 33 heavy (non-hydrogen) atoms. The molecule has 2 N–H and O–H groups in total. The van der Waals surface area contributed by atoms with Crippen LogP contribution in [0, 0.1) is 0 Å². The van der Waals surface area contributed by atoms with Crippen LogP contribution >= 0.6 is 39.0 Å². The third-order valence-electron chi connectivity index (χ3n) is 4.73. The molecule has 2 amide bonds. The number of thioether (sulfide) groups is 1. The summed E-state index contributed by atoms with van der Waals surface area (Å²) in [6.07, 6.45) is 0. The van der Waals surface area contributed by atoms with E-state index in [1.54, 1.807) is 18.2 Å². The normalized spacial score (nSPS) is 11.1. The highest BCUT2D eigenvalue weighted by Crippen LogP contribution is 2.31. The molecule has 0 aliphatic heterocycles. The first-order chi connectivity index (χ1) is 16.1. The minimum Gasteiger partial charge on any atom is -0.456 e. The van der Waals surface area contributed by atoms with Crippen molar-refractivity contribution < 1.29 is 14.0 Å². The van der Waals surface area contributed by atoms with E-state index in [9.17, 15) is 9.59 Å². The number of nitrogens with one attached hydrogen (secondary N) is 2. The van der Waals surface area contributed by atoms with Crippen molar-refractivity contribution >= 4 is 83.6 Å². The van der Waals surface area contributed by atoms with Crippen LogP contribution in [0.1, 0.15) is 10.4 Å². The molecule has 0 aliphatic carbocycles. The fourth-order valence-electron chi connectivity index (χ4n) is 3.26. The molecule has 0 saturated heterocycles. The van der Waals surface area contributed by atoms with Gasteiger partial charge < -0.3 is 9.73 Å². The summed E-state index contributed by atoms with van der Waals surface area (Å²) < 4.78 is 7.14. The Morgan fingerprint density at radius 2 is 1.73 bits per heavy atom. The molecule has 0 fully saturated rings. The first-order valence-corrected chi connectivity index (χ1v) is 12.4. The second-order valence-corrected chi connectivity index (χ2v) is 10.0. The highest BCUT2D eigenvalue weighted by Gasteiger charge is 2.14. The lowest BCUT2D eigenvalue weighted by Gasteiger charge is -2.04. The number of furan rings is 1. The molecule has 0 radical (unpaired) electrons. The largest absolute Gasteiger partial charge is 0.456 e. The number of halogens is 1. The number of amides is 2. The van der Waals surface area contributed by atoms with Crippen LogP contribution in [-0.4, -0.2) is 27.8 Å².